The first-order valence-corrected chi connectivity index (χ1v) is 11.7. The van der Waals surface area contributed by atoms with E-state index >= 15 is 0 Å². The van der Waals surface area contributed by atoms with Gasteiger partial charge >= 0.3 is 11.1 Å². The highest BCUT2D eigenvalue weighted by molar-refractivity contribution is 7.15. The molecular formula is C22H25FN4O6S. The molecule has 0 unspecified atom stereocenters. The number of thiophene rings is 1. The van der Waals surface area contributed by atoms with E-state index in [0.717, 1.165) is 18.0 Å². The van der Waals surface area contributed by atoms with Gasteiger partial charge in [-0.25, -0.2) is 9.18 Å². The molecule has 2 saturated heterocycles. The highest BCUT2D eigenvalue weighted by atomic mass is 32.1. The standard InChI is InChI=1S/C22H25FN4O6S/c1-14(28)24-11-17-12-26(22(29)33-17)15-2-4-20(19(23)10-15)32-16-6-8-25(9-7-16)13-18-3-5-21(34-18)27(30)31/h2-5,10,16-17H,6-9,11-13H2,1H3,(H,24,28)/t17-/m0/s1. The normalized spacial score (nSPS) is 19.2. The number of nitrogens with zero attached hydrogens (tertiary/aromatic N) is 3. The van der Waals surface area contributed by atoms with Gasteiger partial charge in [-0.05, 0) is 31.0 Å². The third kappa shape index (κ3) is 5.81. The number of hydrogen-bond donors (Lipinski definition) is 1. The molecule has 1 aromatic carbocycles. The van der Waals surface area contributed by atoms with E-state index in [4.69, 9.17) is 9.47 Å². The number of anilines is 1. The van der Waals surface area contributed by atoms with E-state index in [1.807, 2.05) is 0 Å². The van der Waals surface area contributed by atoms with Gasteiger partial charge in [-0.2, -0.15) is 0 Å². The molecule has 1 aromatic heterocycles. The molecule has 0 spiro atoms. The summed E-state index contributed by atoms with van der Waals surface area (Å²) in [6.45, 7) is 3.91. The molecule has 34 heavy (non-hydrogen) atoms. The van der Waals surface area contributed by atoms with E-state index in [-0.39, 0.29) is 40.8 Å². The van der Waals surface area contributed by atoms with E-state index in [1.165, 1.54) is 41.4 Å². The fourth-order valence-corrected chi connectivity index (χ4v) is 4.85. The number of benzene rings is 1. The third-order valence-electron chi connectivity index (χ3n) is 5.71. The first kappa shape index (κ1) is 23.9. The van der Waals surface area contributed by atoms with Crippen molar-refractivity contribution in [2.75, 3.05) is 31.1 Å². The number of amides is 2. The van der Waals surface area contributed by atoms with Crippen molar-refractivity contribution >= 4 is 34.0 Å². The number of piperidine rings is 1. The van der Waals surface area contributed by atoms with Crippen LogP contribution in [0.1, 0.15) is 24.6 Å². The number of carbonyl (C=O) groups is 2. The van der Waals surface area contributed by atoms with Crippen molar-refractivity contribution in [2.24, 2.45) is 0 Å². The first-order valence-electron chi connectivity index (χ1n) is 10.9. The van der Waals surface area contributed by atoms with Crippen LogP contribution in [0.2, 0.25) is 0 Å². The van der Waals surface area contributed by atoms with Crippen LogP contribution in [0.5, 0.6) is 5.75 Å². The second kappa shape index (κ2) is 10.3. The molecule has 3 heterocycles. The lowest BCUT2D eigenvalue weighted by molar-refractivity contribution is -0.380. The Morgan fingerprint density at radius 1 is 1.32 bits per heavy atom. The number of carbonyl (C=O) groups excluding carboxylic acids is 2. The molecule has 4 rings (SSSR count). The minimum absolute atomic E-state index is 0.124. The molecule has 2 fully saturated rings. The molecule has 1 N–H and O–H groups in total. The van der Waals surface area contributed by atoms with Crippen molar-refractivity contribution in [1.29, 1.82) is 0 Å². The van der Waals surface area contributed by atoms with Crippen molar-refractivity contribution in [2.45, 2.75) is 38.5 Å². The van der Waals surface area contributed by atoms with Gasteiger partial charge in [0.25, 0.3) is 0 Å². The minimum Gasteiger partial charge on any atom is -0.487 e. The van der Waals surface area contributed by atoms with Crippen LogP contribution in [0.25, 0.3) is 0 Å². The van der Waals surface area contributed by atoms with Gasteiger partial charge in [-0.3, -0.25) is 24.7 Å². The van der Waals surface area contributed by atoms with Gasteiger partial charge in [0.1, 0.15) is 12.2 Å². The summed E-state index contributed by atoms with van der Waals surface area (Å²) < 4.78 is 25.8. The Labute approximate surface area is 199 Å². The Kier molecular flexibility index (Phi) is 7.27. The maximum atomic E-state index is 14.7. The Hall–Kier alpha value is -3.25. The summed E-state index contributed by atoms with van der Waals surface area (Å²) in [7, 11) is 0. The Bertz CT molecular complexity index is 1070. The molecule has 2 amide bonds. The van der Waals surface area contributed by atoms with Crippen molar-refractivity contribution in [1.82, 2.24) is 10.2 Å². The molecular weight excluding hydrogens is 467 g/mol. The van der Waals surface area contributed by atoms with Gasteiger partial charge < -0.3 is 14.8 Å². The topological polar surface area (TPSA) is 114 Å². The van der Waals surface area contributed by atoms with Crippen molar-refractivity contribution in [3.05, 3.63) is 51.1 Å². The van der Waals surface area contributed by atoms with Crippen LogP contribution < -0.4 is 15.0 Å². The van der Waals surface area contributed by atoms with Crippen LogP contribution in [-0.4, -0.2) is 60.2 Å². The molecule has 10 nitrogen and oxygen atoms in total. The summed E-state index contributed by atoms with van der Waals surface area (Å²) in [5.74, 6) is -0.661. The zero-order valence-electron chi connectivity index (χ0n) is 18.6. The zero-order chi connectivity index (χ0) is 24.2. The predicted octanol–water partition coefficient (Wildman–Crippen LogP) is 3.30. The lowest BCUT2D eigenvalue weighted by Gasteiger charge is -2.31. The largest absolute Gasteiger partial charge is 0.487 e. The highest BCUT2D eigenvalue weighted by Crippen LogP contribution is 2.30. The van der Waals surface area contributed by atoms with Crippen molar-refractivity contribution in [3.63, 3.8) is 0 Å². The molecule has 2 aliphatic heterocycles. The van der Waals surface area contributed by atoms with Gasteiger partial charge in [-0.15, -0.1) is 0 Å². The average molecular weight is 493 g/mol. The SMILES string of the molecule is CC(=O)NC[C@H]1CN(c2ccc(OC3CCN(Cc4ccc([N+](=O)[O-])s4)CC3)c(F)c2)C(=O)O1. The monoisotopic (exact) mass is 492 g/mol. The maximum Gasteiger partial charge on any atom is 0.414 e. The van der Waals surface area contributed by atoms with Gasteiger partial charge in [0.15, 0.2) is 11.6 Å². The Morgan fingerprint density at radius 2 is 2.09 bits per heavy atom. The summed E-state index contributed by atoms with van der Waals surface area (Å²) in [5.41, 5.74) is 0.361. The van der Waals surface area contributed by atoms with E-state index in [2.05, 4.69) is 10.2 Å². The fourth-order valence-electron chi connectivity index (χ4n) is 3.98. The summed E-state index contributed by atoms with van der Waals surface area (Å²) in [6.07, 6.45) is 0.177. The maximum absolute atomic E-state index is 14.7. The van der Waals surface area contributed by atoms with Gasteiger partial charge in [0, 0.05) is 43.6 Å². The number of nitrogens with one attached hydrogen (secondary N) is 1. The van der Waals surface area contributed by atoms with Crippen LogP contribution >= 0.6 is 11.3 Å². The minimum atomic E-state index is -0.591. The molecule has 12 heteroatoms. The average Bonchev–Trinajstić information content (AvgIpc) is 3.41. The number of cyclic esters (lactones) is 1. The second-order valence-corrected chi connectivity index (χ2v) is 9.41. The lowest BCUT2D eigenvalue weighted by atomic mass is 10.1. The predicted molar refractivity (Wildman–Crippen MR) is 123 cm³/mol. The highest BCUT2D eigenvalue weighted by Gasteiger charge is 2.33. The van der Waals surface area contributed by atoms with Gasteiger partial charge in [-0.1, -0.05) is 11.3 Å². The van der Waals surface area contributed by atoms with Crippen LogP contribution in [0.4, 0.5) is 19.9 Å². The number of ether oxygens (including phenoxy) is 2. The molecule has 0 bridgehead atoms. The fraction of sp³-hybridized carbons (Fsp3) is 0.455. The number of nitro groups is 1. The van der Waals surface area contributed by atoms with E-state index in [0.29, 0.717) is 25.1 Å². The number of likely N-dealkylation sites (tertiary alicyclic amines) is 1. The van der Waals surface area contributed by atoms with Crippen molar-refractivity contribution in [3.8, 4) is 5.75 Å². The van der Waals surface area contributed by atoms with Gasteiger partial charge in [0.05, 0.1) is 23.7 Å². The smallest absolute Gasteiger partial charge is 0.414 e. The molecule has 182 valence electrons. The molecule has 0 radical (unpaired) electrons. The van der Waals surface area contributed by atoms with E-state index in [9.17, 15) is 24.1 Å². The molecule has 0 saturated carbocycles. The number of rotatable bonds is 8. The number of halogens is 1. The first-order chi connectivity index (χ1) is 16.3. The Balaban J connectivity index is 1.28. The van der Waals surface area contributed by atoms with E-state index < -0.39 is 18.0 Å². The lowest BCUT2D eigenvalue weighted by Crippen LogP contribution is -2.37. The summed E-state index contributed by atoms with van der Waals surface area (Å²) >= 11 is 1.18. The molecule has 1 atom stereocenters. The molecule has 2 aromatic rings. The molecule has 2 aliphatic rings. The van der Waals surface area contributed by atoms with E-state index in [1.54, 1.807) is 12.1 Å². The van der Waals surface area contributed by atoms with Crippen LogP contribution in [0.15, 0.2) is 30.3 Å². The summed E-state index contributed by atoms with van der Waals surface area (Å²) in [6, 6.07) is 7.67. The molecule has 0 aliphatic carbocycles. The van der Waals surface area contributed by atoms with Gasteiger partial charge in [0.2, 0.25) is 5.91 Å². The summed E-state index contributed by atoms with van der Waals surface area (Å²) in [5, 5.41) is 13.6. The second-order valence-electron chi connectivity index (χ2n) is 8.26. The zero-order valence-corrected chi connectivity index (χ0v) is 19.4. The summed E-state index contributed by atoms with van der Waals surface area (Å²) in [4.78, 5) is 38.1. The Morgan fingerprint density at radius 3 is 2.74 bits per heavy atom. The van der Waals surface area contributed by atoms with Crippen LogP contribution in [0.3, 0.4) is 0 Å². The van der Waals surface area contributed by atoms with Crippen LogP contribution in [-0.2, 0) is 16.1 Å². The third-order valence-corrected chi connectivity index (χ3v) is 6.74. The van der Waals surface area contributed by atoms with Crippen LogP contribution in [0, 0.1) is 15.9 Å². The number of hydrogen-bond acceptors (Lipinski definition) is 8. The quantitative estimate of drug-likeness (QED) is 0.444. The van der Waals surface area contributed by atoms with Crippen molar-refractivity contribution < 1.29 is 28.4 Å².